The Morgan fingerprint density at radius 3 is 1.86 bits per heavy atom. The molecule has 0 spiro atoms. The van der Waals surface area contributed by atoms with Crippen molar-refractivity contribution in [2.45, 2.75) is 0 Å². The molecule has 0 N–H and O–H groups in total. The van der Waals surface area contributed by atoms with Crippen molar-refractivity contribution in [1.82, 2.24) is 15.0 Å². The van der Waals surface area contributed by atoms with Gasteiger partial charge in [0.15, 0.2) is 17.5 Å². The Balaban J connectivity index is 1.25. The Bertz CT molecular complexity index is 2760. The van der Waals surface area contributed by atoms with E-state index in [1.807, 2.05) is 53.8 Å². The van der Waals surface area contributed by atoms with Crippen molar-refractivity contribution in [3.8, 4) is 45.3 Å². The summed E-state index contributed by atoms with van der Waals surface area (Å²) in [6.45, 7) is 0. The molecule has 0 saturated carbocycles. The zero-order valence-electron chi connectivity index (χ0n) is 28.1. The van der Waals surface area contributed by atoms with E-state index >= 15 is 0 Å². The van der Waals surface area contributed by atoms with Gasteiger partial charge in [0.1, 0.15) is 0 Å². The molecular weight excluding hydrogens is 575 g/mol. The highest BCUT2D eigenvalue weighted by molar-refractivity contribution is 7.27. The first-order valence-electron chi connectivity index (χ1n) is 16.6. The fourth-order valence-corrected chi connectivity index (χ4v) is 8.29. The van der Waals surface area contributed by atoms with Gasteiger partial charge in [-0.25, -0.2) is 15.0 Å². The van der Waals surface area contributed by atoms with E-state index in [2.05, 4.69) is 71.7 Å². The van der Waals surface area contributed by atoms with Crippen molar-refractivity contribution in [2.24, 2.45) is 0 Å². The average Bonchev–Trinajstić information content (AvgIpc) is 3.71. The van der Waals surface area contributed by atoms with Crippen LogP contribution in [0.3, 0.4) is 0 Å². The van der Waals surface area contributed by atoms with Gasteiger partial charge in [-0.15, -0.1) is 22.7 Å². The summed E-state index contributed by atoms with van der Waals surface area (Å²) < 4.78 is 46.5. The van der Waals surface area contributed by atoms with Gasteiger partial charge in [0, 0.05) is 57.0 Å². The summed E-state index contributed by atoms with van der Waals surface area (Å²) in [4.78, 5) is 14.3. The molecule has 0 atom stereocenters. The molecule has 9 aromatic rings. The molecule has 3 nitrogen and oxygen atoms in total. The van der Waals surface area contributed by atoms with Crippen LogP contribution in [0.15, 0.2) is 139 Å². The van der Waals surface area contributed by atoms with Crippen LogP contribution >= 0.6 is 22.7 Å². The van der Waals surface area contributed by atoms with Gasteiger partial charge in [0.2, 0.25) is 0 Å². The summed E-state index contributed by atoms with van der Waals surface area (Å²) in [5.74, 6) is 0.741. The third-order valence-electron chi connectivity index (χ3n) is 7.85. The monoisotopic (exact) mass is 602 g/mol. The standard InChI is InChI=1S/C39H23N3S2/c1-3-11-24(12-4-1)37-40-38(25-13-5-2-6-14-25)42-39(41-37)32-19-10-18-31-29-22-21-26(23-34(29)44-36(31)32)27-16-9-17-30-28-15-7-8-20-33(28)43-35(27)30/h1-23H/i1D,3D,4D,11D,12D. The van der Waals surface area contributed by atoms with E-state index in [9.17, 15) is 0 Å². The largest absolute Gasteiger partial charge is 0.208 e. The van der Waals surface area contributed by atoms with Crippen molar-refractivity contribution in [1.29, 1.82) is 0 Å². The van der Waals surface area contributed by atoms with Crippen molar-refractivity contribution in [3.63, 3.8) is 0 Å². The lowest BCUT2D eigenvalue weighted by Crippen LogP contribution is -2.00. The van der Waals surface area contributed by atoms with E-state index in [0.717, 1.165) is 36.9 Å². The van der Waals surface area contributed by atoms with Gasteiger partial charge in [0.05, 0.1) is 6.85 Å². The summed E-state index contributed by atoms with van der Waals surface area (Å²) in [6.07, 6.45) is 0. The van der Waals surface area contributed by atoms with Crippen molar-refractivity contribution < 1.29 is 6.85 Å². The molecule has 0 bridgehead atoms. The highest BCUT2D eigenvalue weighted by Crippen LogP contribution is 2.44. The quantitative estimate of drug-likeness (QED) is 0.201. The highest BCUT2D eigenvalue weighted by atomic mass is 32.1. The van der Waals surface area contributed by atoms with Crippen molar-refractivity contribution in [2.75, 3.05) is 0 Å². The SMILES string of the molecule is [2H]c1c([2H])c([2H])c(-c2nc(-c3ccccc3)nc(-c3cccc4c3sc3cc(-c5cccc6c5sc5ccccc56)ccc34)n2)c([2H])c1[2H]. The van der Waals surface area contributed by atoms with Gasteiger partial charge in [-0.05, 0) is 29.3 Å². The molecule has 206 valence electrons. The predicted molar refractivity (Wildman–Crippen MR) is 187 cm³/mol. The zero-order chi connectivity index (χ0) is 33.4. The first kappa shape index (κ1) is 20.6. The van der Waals surface area contributed by atoms with Gasteiger partial charge in [-0.2, -0.15) is 0 Å². The molecule has 44 heavy (non-hydrogen) atoms. The Kier molecular flexibility index (Phi) is 4.78. The van der Waals surface area contributed by atoms with Gasteiger partial charge < -0.3 is 0 Å². The van der Waals surface area contributed by atoms with Crippen molar-refractivity contribution >= 4 is 63.0 Å². The van der Waals surface area contributed by atoms with E-state index in [-0.39, 0.29) is 23.5 Å². The van der Waals surface area contributed by atoms with Crippen LogP contribution in [0, 0.1) is 0 Å². The molecule has 3 aromatic heterocycles. The van der Waals surface area contributed by atoms with Gasteiger partial charge in [-0.3, -0.25) is 0 Å². The van der Waals surface area contributed by atoms with Crippen LogP contribution in [0.4, 0.5) is 0 Å². The lowest BCUT2D eigenvalue weighted by Gasteiger charge is -2.09. The lowest BCUT2D eigenvalue weighted by atomic mass is 10.0. The highest BCUT2D eigenvalue weighted by Gasteiger charge is 2.17. The number of nitrogens with zero attached hydrogens (tertiary/aromatic N) is 3. The smallest absolute Gasteiger partial charge is 0.165 e. The molecule has 9 rings (SSSR count). The van der Waals surface area contributed by atoms with Crippen LogP contribution in [-0.4, -0.2) is 15.0 Å². The van der Waals surface area contributed by atoms with Crippen molar-refractivity contribution in [3.05, 3.63) is 139 Å². The van der Waals surface area contributed by atoms with Gasteiger partial charge >= 0.3 is 0 Å². The molecule has 3 heterocycles. The average molecular weight is 603 g/mol. The molecule has 5 heteroatoms. The van der Waals surface area contributed by atoms with Crippen LogP contribution in [0.5, 0.6) is 0 Å². The number of thiophene rings is 2. The third kappa shape index (κ3) is 4.13. The number of fused-ring (bicyclic) bond motifs is 6. The Morgan fingerprint density at radius 2 is 1.05 bits per heavy atom. The summed E-state index contributed by atoms with van der Waals surface area (Å²) >= 11 is 3.48. The second-order valence-corrected chi connectivity index (χ2v) is 12.6. The first-order valence-corrected chi connectivity index (χ1v) is 15.8. The fourth-order valence-electron chi connectivity index (χ4n) is 5.80. The third-order valence-corrected chi connectivity index (χ3v) is 10.3. The normalized spacial score (nSPS) is 13.2. The van der Waals surface area contributed by atoms with Gasteiger partial charge in [-0.1, -0.05) is 121 Å². The summed E-state index contributed by atoms with van der Waals surface area (Å²) in [5, 5.41) is 4.72. The number of hydrogen-bond donors (Lipinski definition) is 0. The van der Waals surface area contributed by atoms with E-state index in [1.54, 1.807) is 11.3 Å². The number of benzene rings is 6. The number of rotatable bonds is 4. The Morgan fingerprint density at radius 1 is 0.432 bits per heavy atom. The minimum Gasteiger partial charge on any atom is -0.208 e. The van der Waals surface area contributed by atoms with Crippen LogP contribution in [0.1, 0.15) is 6.85 Å². The van der Waals surface area contributed by atoms with Crippen LogP contribution in [0.2, 0.25) is 0 Å². The minimum absolute atomic E-state index is 0.0256. The van der Waals surface area contributed by atoms with E-state index < -0.39 is 18.1 Å². The molecule has 0 aliphatic heterocycles. The first-order chi connectivity index (χ1) is 23.9. The minimum atomic E-state index is -0.464. The maximum atomic E-state index is 8.63. The fraction of sp³-hybridized carbons (Fsp3) is 0. The van der Waals surface area contributed by atoms with Crippen LogP contribution in [0.25, 0.3) is 85.6 Å². The molecule has 0 radical (unpaired) electrons. The van der Waals surface area contributed by atoms with E-state index in [4.69, 9.17) is 16.8 Å². The molecule has 0 fully saturated rings. The predicted octanol–water partition coefficient (Wildman–Crippen LogP) is 11.3. The topological polar surface area (TPSA) is 38.7 Å². The maximum absolute atomic E-state index is 8.63. The summed E-state index contributed by atoms with van der Waals surface area (Å²) in [6, 6.07) is 35.1. The summed E-state index contributed by atoms with van der Waals surface area (Å²) in [5.41, 5.74) is 3.79. The van der Waals surface area contributed by atoms with E-state index in [0.29, 0.717) is 11.6 Å². The summed E-state index contributed by atoms with van der Waals surface area (Å²) in [7, 11) is 0. The molecule has 6 aromatic carbocycles. The maximum Gasteiger partial charge on any atom is 0.165 e. The van der Waals surface area contributed by atoms with E-state index in [1.165, 1.54) is 25.7 Å². The molecular formula is C39H23N3S2. The Labute approximate surface area is 268 Å². The molecule has 0 unspecified atom stereocenters. The van der Waals surface area contributed by atoms with Crippen LogP contribution < -0.4 is 0 Å². The van der Waals surface area contributed by atoms with Crippen LogP contribution in [-0.2, 0) is 0 Å². The second-order valence-electron chi connectivity index (χ2n) is 10.4. The zero-order valence-corrected chi connectivity index (χ0v) is 24.7. The lowest BCUT2D eigenvalue weighted by molar-refractivity contribution is 1.08. The molecule has 0 aliphatic rings. The number of aromatic nitrogens is 3. The van der Waals surface area contributed by atoms with Gasteiger partial charge in [0.25, 0.3) is 0 Å². The molecule has 0 amide bonds. The second kappa shape index (κ2) is 10.2. The molecule has 0 saturated heterocycles. The number of hydrogen-bond acceptors (Lipinski definition) is 5. The Hall–Kier alpha value is -5.23. The molecule has 0 aliphatic carbocycles.